The van der Waals surface area contributed by atoms with E-state index in [1.807, 2.05) is 7.05 Å². The number of amides is 1. The number of carbonyl (C=O) groups excluding carboxylic acids is 1. The van der Waals surface area contributed by atoms with Gasteiger partial charge in [0.15, 0.2) is 0 Å². The second-order valence-corrected chi connectivity index (χ2v) is 6.09. The molecule has 23 heavy (non-hydrogen) atoms. The summed E-state index contributed by atoms with van der Waals surface area (Å²) < 4.78 is 24.0. The molecule has 1 aliphatic heterocycles. The normalized spacial score (nSPS) is 21.4. The van der Waals surface area contributed by atoms with Crippen molar-refractivity contribution in [3.8, 4) is 5.75 Å². The standard InChI is InChI=1S/C17H25FN2O3/c1-19-11-15(22-3)9-14(19)10-20(2)17(21)8-12-7-13(18)5-6-16(12)23-4/h5-7,14-15H,8-11H2,1-4H3/t14-,15-/m0/s1. The number of benzene rings is 1. The zero-order valence-electron chi connectivity index (χ0n) is 14.2. The summed E-state index contributed by atoms with van der Waals surface area (Å²) in [7, 11) is 7.05. The van der Waals surface area contributed by atoms with Crippen molar-refractivity contribution in [2.45, 2.75) is 25.0 Å². The molecule has 5 nitrogen and oxygen atoms in total. The molecule has 128 valence electrons. The van der Waals surface area contributed by atoms with Crippen molar-refractivity contribution in [3.05, 3.63) is 29.6 Å². The van der Waals surface area contributed by atoms with Gasteiger partial charge in [-0.1, -0.05) is 0 Å². The lowest BCUT2D eigenvalue weighted by Crippen LogP contribution is -2.40. The van der Waals surface area contributed by atoms with Gasteiger partial charge in [-0.05, 0) is 31.7 Å². The first-order chi connectivity index (χ1) is 10.9. The van der Waals surface area contributed by atoms with Crippen molar-refractivity contribution >= 4 is 5.91 Å². The number of likely N-dealkylation sites (tertiary alicyclic amines) is 1. The highest BCUT2D eigenvalue weighted by atomic mass is 19.1. The maximum Gasteiger partial charge on any atom is 0.226 e. The lowest BCUT2D eigenvalue weighted by atomic mass is 10.1. The highest BCUT2D eigenvalue weighted by molar-refractivity contribution is 5.79. The van der Waals surface area contributed by atoms with E-state index in [4.69, 9.17) is 9.47 Å². The first-order valence-electron chi connectivity index (χ1n) is 7.74. The smallest absolute Gasteiger partial charge is 0.226 e. The topological polar surface area (TPSA) is 42.0 Å². The van der Waals surface area contributed by atoms with Gasteiger partial charge in [-0.15, -0.1) is 0 Å². The van der Waals surface area contributed by atoms with Gasteiger partial charge < -0.3 is 14.4 Å². The van der Waals surface area contributed by atoms with E-state index in [0.29, 0.717) is 17.9 Å². The predicted molar refractivity (Wildman–Crippen MR) is 86.1 cm³/mol. The fourth-order valence-electron chi connectivity index (χ4n) is 3.01. The van der Waals surface area contributed by atoms with Crippen LogP contribution in [0.1, 0.15) is 12.0 Å². The number of likely N-dealkylation sites (N-methyl/N-ethyl adjacent to an activating group) is 2. The molecule has 2 rings (SSSR count). The highest BCUT2D eigenvalue weighted by Gasteiger charge is 2.31. The maximum atomic E-state index is 13.4. The Kier molecular flexibility index (Phi) is 5.96. The highest BCUT2D eigenvalue weighted by Crippen LogP contribution is 2.22. The third-order valence-corrected chi connectivity index (χ3v) is 4.48. The molecule has 1 amide bonds. The number of carbonyl (C=O) groups is 1. The van der Waals surface area contributed by atoms with Crippen LogP contribution >= 0.6 is 0 Å². The van der Waals surface area contributed by atoms with Gasteiger partial charge in [0, 0.05) is 38.9 Å². The van der Waals surface area contributed by atoms with Gasteiger partial charge in [-0.3, -0.25) is 9.69 Å². The van der Waals surface area contributed by atoms with Crippen LogP contribution in [-0.4, -0.2) is 69.3 Å². The number of methoxy groups -OCH3 is 2. The van der Waals surface area contributed by atoms with Gasteiger partial charge in [0.1, 0.15) is 11.6 Å². The average Bonchev–Trinajstić information content (AvgIpc) is 2.87. The Hall–Kier alpha value is -1.66. The van der Waals surface area contributed by atoms with E-state index in [2.05, 4.69) is 4.90 Å². The molecule has 1 saturated heterocycles. The molecular formula is C17H25FN2O3. The van der Waals surface area contributed by atoms with Crippen LogP contribution in [0, 0.1) is 5.82 Å². The van der Waals surface area contributed by atoms with Crippen LogP contribution in [0.25, 0.3) is 0 Å². The second kappa shape index (κ2) is 7.75. The van der Waals surface area contributed by atoms with Crippen molar-refractivity contribution in [2.24, 2.45) is 0 Å². The second-order valence-electron chi connectivity index (χ2n) is 6.09. The summed E-state index contributed by atoms with van der Waals surface area (Å²) in [6.45, 7) is 1.51. The molecule has 0 radical (unpaired) electrons. The molecule has 0 bridgehead atoms. The van der Waals surface area contributed by atoms with Gasteiger partial charge in [-0.2, -0.15) is 0 Å². The van der Waals surface area contributed by atoms with E-state index < -0.39 is 0 Å². The molecule has 0 aromatic heterocycles. The summed E-state index contributed by atoms with van der Waals surface area (Å²) in [6, 6.07) is 4.51. The number of hydrogen-bond acceptors (Lipinski definition) is 4. The van der Waals surface area contributed by atoms with Gasteiger partial charge in [0.25, 0.3) is 0 Å². The molecule has 1 heterocycles. The zero-order chi connectivity index (χ0) is 17.0. The van der Waals surface area contributed by atoms with E-state index in [1.54, 1.807) is 25.1 Å². The fourth-order valence-corrected chi connectivity index (χ4v) is 3.01. The maximum absolute atomic E-state index is 13.4. The van der Waals surface area contributed by atoms with E-state index in [9.17, 15) is 9.18 Å². The third-order valence-electron chi connectivity index (χ3n) is 4.48. The first-order valence-corrected chi connectivity index (χ1v) is 7.74. The molecule has 0 saturated carbocycles. The lowest BCUT2D eigenvalue weighted by molar-refractivity contribution is -0.129. The summed E-state index contributed by atoms with van der Waals surface area (Å²) in [4.78, 5) is 16.3. The number of rotatable bonds is 6. The molecule has 1 aliphatic rings. The number of halogens is 1. The van der Waals surface area contributed by atoms with Crippen molar-refractivity contribution in [2.75, 3.05) is 41.4 Å². The van der Waals surface area contributed by atoms with Crippen LogP contribution in [0.2, 0.25) is 0 Å². The Labute approximate surface area is 137 Å². The molecule has 1 aromatic rings. The van der Waals surface area contributed by atoms with E-state index in [0.717, 1.165) is 13.0 Å². The Morgan fingerprint density at radius 2 is 2.17 bits per heavy atom. The molecule has 1 fully saturated rings. The van der Waals surface area contributed by atoms with Crippen LogP contribution in [-0.2, 0) is 16.0 Å². The minimum atomic E-state index is -0.366. The van der Waals surface area contributed by atoms with E-state index in [1.165, 1.54) is 19.2 Å². The Morgan fingerprint density at radius 3 is 2.78 bits per heavy atom. The van der Waals surface area contributed by atoms with Crippen molar-refractivity contribution in [1.29, 1.82) is 0 Å². The van der Waals surface area contributed by atoms with E-state index in [-0.39, 0.29) is 30.3 Å². The van der Waals surface area contributed by atoms with Crippen LogP contribution in [0.4, 0.5) is 4.39 Å². The molecular weight excluding hydrogens is 299 g/mol. The number of ether oxygens (including phenoxy) is 2. The Morgan fingerprint density at radius 1 is 1.43 bits per heavy atom. The molecule has 0 spiro atoms. The summed E-state index contributed by atoms with van der Waals surface area (Å²) in [5.41, 5.74) is 0.568. The lowest BCUT2D eigenvalue weighted by Gasteiger charge is -2.25. The van der Waals surface area contributed by atoms with Crippen LogP contribution in [0.15, 0.2) is 18.2 Å². The quantitative estimate of drug-likeness (QED) is 0.796. The van der Waals surface area contributed by atoms with Crippen molar-refractivity contribution in [1.82, 2.24) is 9.80 Å². The third kappa shape index (κ3) is 4.42. The molecule has 0 unspecified atom stereocenters. The zero-order valence-corrected chi connectivity index (χ0v) is 14.2. The largest absolute Gasteiger partial charge is 0.496 e. The van der Waals surface area contributed by atoms with Crippen LogP contribution < -0.4 is 4.74 Å². The monoisotopic (exact) mass is 324 g/mol. The number of nitrogens with zero attached hydrogens (tertiary/aromatic N) is 2. The molecule has 1 aromatic carbocycles. The first kappa shape index (κ1) is 17.7. The van der Waals surface area contributed by atoms with E-state index >= 15 is 0 Å². The van der Waals surface area contributed by atoms with Gasteiger partial charge >= 0.3 is 0 Å². The minimum absolute atomic E-state index is 0.0526. The Balaban J connectivity index is 1.97. The van der Waals surface area contributed by atoms with Crippen molar-refractivity contribution < 1.29 is 18.7 Å². The van der Waals surface area contributed by atoms with Crippen molar-refractivity contribution in [3.63, 3.8) is 0 Å². The fraction of sp³-hybridized carbons (Fsp3) is 0.588. The molecule has 6 heteroatoms. The van der Waals surface area contributed by atoms with Crippen LogP contribution in [0.3, 0.4) is 0 Å². The summed E-state index contributed by atoms with van der Waals surface area (Å²) in [6.07, 6.45) is 1.26. The molecule has 0 N–H and O–H groups in total. The predicted octanol–water partition coefficient (Wildman–Crippen LogP) is 1.55. The van der Waals surface area contributed by atoms with Gasteiger partial charge in [0.05, 0.1) is 19.6 Å². The molecule has 0 aliphatic carbocycles. The summed E-state index contributed by atoms with van der Waals surface area (Å²) in [5.74, 6) is 0.114. The average molecular weight is 324 g/mol. The van der Waals surface area contributed by atoms with Gasteiger partial charge in [-0.25, -0.2) is 4.39 Å². The minimum Gasteiger partial charge on any atom is -0.496 e. The summed E-state index contributed by atoms with van der Waals surface area (Å²) >= 11 is 0. The SMILES string of the molecule is COc1ccc(F)cc1CC(=O)N(C)C[C@@H]1C[C@H](OC)CN1C. The Bertz CT molecular complexity index is 553. The molecule has 2 atom stereocenters. The van der Waals surface area contributed by atoms with Crippen LogP contribution in [0.5, 0.6) is 5.75 Å². The summed E-state index contributed by atoms with van der Waals surface area (Å²) in [5, 5.41) is 0. The number of hydrogen-bond donors (Lipinski definition) is 0. The van der Waals surface area contributed by atoms with Gasteiger partial charge in [0.2, 0.25) is 5.91 Å².